The summed E-state index contributed by atoms with van der Waals surface area (Å²) in [4.78, 5) is 21.3. The molecule has 27 heavy (non-hydrogen) atoms. The number of fused-ring (bicyclic) bond motifs is 1. The average molecular weight is 408 g/mol. The van der Waals surface area contributed by atoms with E-state index in [0.717, 1.165) is 21.3 Å². The SMILES string of the molecule is Cc1ccc2sc(N(CCN(C)C)C(=O)c3ccccc3F)nc2c1C.Cl. The number of hydrogen-bond acceptors (Lipinski definition) is 4. The van der Waals surface area contributed by atoms with Crippen molar-refractivity contribution in [3.8, 4) is 0 Å². The van der Waals surface area contributed by atoms with Gasteiger partial charge in [0, 0.05) is 13.1 Å². The van der Waals surface area contributed by atoms with Crippen LogP contribution < -0.4 is 4.90 Å². The number of carbonyl (C=O) groups is 1. The van der Waals surface area contributed by atoms with Gasteiger partial charge >= 0.3 is 0 Å². The number of halogens is 2. The molecule has 2 aromatic carbocycles. The van der Waals surface area contributed by atoms with Gasteiger partial charge in [0.05, 0.1) is 15.8 Å². The van der Waals surface area contributed by atoms with E-state index in [1.807, 2.05) is 38.9 Å². The van der Waals surface area contributed by atoms with Crippen LogP contribution in [0.25, 0.3) is 10.2 Å². The number of rotatable bonds is 5. The minimum atomic E-state index is -0.513. The summed E-state index contributed by atoms with van der Waals surface area (Å²) in [5.74, 6) is -0.876. The molecule has 0 aliphatic heterocycles. The molecule has 0 bridgehead atoms. The van der Waals surface area contributed by atoms with Crippen LogP contribution in [-0.2, 0) is 0 Å². The van der Waals surface area contributed by atoms with Crippen LogP contribution in [0.3, 0.4) is 0 Å². The van der Waals surface area contributed by atoms with Crippen LogP contribution in [-0.4, -0.2) is 43.0 Å². The maximum atomic E-state index is 14.2. The molecule has 1 aromatic heterocycles. The topological polar surface area (TPSA) is 36.4 Å². The fourth-order valence-corrected chi connectivity index (χ4v) is 3.74. The molecule has 7 heteroatoms. The van der Waals surface area contributed by atoms with Gasteiger partial charge in [-0.05, 0) is 57.3 Å². The third-order valence-corrected chi connectivity index (χ3v) is 5.47. The van der Waals surface area contributed by atoms with Crippen molar-refractivity contribution in [2.75, 3.05) is 32.1 Å². The van der Waals surface area contributed by atoms with E-state index < -0.39 is 5.82 Å². The predicted molar refractivity (Wildman–Crippen MR) is 113 cm³/mol. The van der Waals surface area contributed by atoms with Gasteiger partial charge in [0.1, 0.15) is 5.82 Å². The predicted octanol–water partition coefficient (Wildman–Crippen LogP) is 4.68. The van der Waals surface area contributed by atoms with Crippen LogP contribution in [0, 0.1) is 19.7 Å². The molecular weight excluding hydrogens is 385 g/mol. The van der Waals surface area contributed by atoms with Crippen LogP contribution in [0.1, 0.15) is 21.5 Å². The van der Waals surface area contributed by atoms with Gasteiger partial charge in [0.15, 0.2) is 5.13 Å². The molecule has 0 spiro atoms. The number of benzene rings is 2. The summed E-state index contributed by atoms with van der Waals surface area (Å²) < 4.78 is 15.2. The lowest BCUT2D eigenvalue weighted by molar-refractivity contribution is 0.0981. The van der Waals surface area contributed by atoms with Crippen LogP contribution in [0.4, 0.5) is 9.52 Å². The molecule has 0 radical (unpaired) electrons. The van der Waals surface area contributed by atoms with Crippen LogP contribution in [0.2, 0.25) is 0 Å². The maximum absolute atomic E-state index is 14.2. The van der Waals surface area contributed by atoms with Crippen LogP contribution >= 0.6 is 23.7 Å². The monoisotopic (exact) mass is 407 g/mol. The van der Waals surface area contributed by atoms with Crippen LogP contribution in [0.5, 0.6) is 0 Å². The molecule has 0 saturated heterocycles. The number of thiazole rings is 1. The Morgan fingerprint density at radius 3 is 2.48 bits per heavy atom. The fourth-order valence-electron chi connectivity index (χ4n) is 2.69. The average Bonchev–Trinajstić information content (AvgIpc) is 3.03. The van der Waals surface area contributed by atoms with E-state index in [4.69, 9.17) is 4.98 Å². The van der Waals surface area contributed by atoms with Crippen molar-refractivity contribution in [3.05, 3.63) is 58.9 Å². The first kappa shape index (κ1) is 21.3. The Balaban J connectivity index is 0.00000261. The van der Waals surface area contributed by atoms with E-state index in [-0.39, 0.29) is 23.9 Å². The Bertz CT molecular complexity index is 958. The number of nitrogens with zero attached hydrogens (tertiary/aromatic N) is 3. The fraction of sp³-hybridized carbons (Fsp3) is 0.300. The van der Waals surface area contributed by atoms with Gasteiger partial charge in [-0.15, -0.1) is 12.4 Å². The zero-order valence-corrected chi connectivity index (χ0v) is 17.5. The van der Waals surface area contributed by atoms with Crippen molar-refractivity contribution in [3.63, 3.8) is 0 Å². The number of aromatic nitrogens is 1. The molecule has 0 aliphatic rings. The molecule has 0 N–H and O–H groups in total. The minimum absolute atomic E-state index is 0. The maximum Gasteiger partial charge on any atom is 0.263 e. The van der Waals surface area contributed by atoms with Crippen molar-refractivity contribution in [1.82, 2.24) is 9.88 Å². The summed E-state index contributed by atoms with van der Waals surface area (Å²) in [5, 5.41) is 0.601. The molecule has 0 unspecified atom stereocenters. The third kappa shape index (κ3) is 4.46. The highest BCUT2D eigenvalue weighted by molar-refractivity contribution is 7.22. The summed E-state index contributed by atoms with van der Waals surface area (Å²) in [6.07, 6.45) is 0. The molecule has 3 aromatic rings. The third-order valence-electron chi connectivity index (χ3n) is 4.42. The summed E-state index contributed by atoms with van der Waals surface area (Å²) in [5.41, 5.74) is 3.24. The standard InChI is InChI=1S/C20H22FN3OS.ClH/c1-13-9-10-17-18(14(13)2)22-20(26-17)24(12-11-23(3)4)19(25)15-7-5-6-8-16(15)21;/h5-10H,11-12H2,1-4H3;1H. The van der Waals surface area contributed by atoms with Gasteiger partial charge in [-0.2, -0.15) is 0 Å². The van der Waals surface area contributed by atoms with Crippen molar-refractivity contribution < 1.29 is 9.18 Å². The first-order valence-electron chi connectivity index (χ1n) is 8.46. The van der Waals surface area contributed by atoms with Crippen LogP contribution in [0.15, 0.2) is 36.4 Å². The number of aryl methyl sites for hydroxylation is 2. The molecule has 0 atom stereocenters. The second-order valence-electron chi connectivity index (χ2n) is 6.59. The van der Waals surface area contributed by atoms with Crippen molar-refractivity contribution in [2.45, 2.75) is 13.8 Å². The zero-order valence-electron chi connectivity index (χ0n) is 15.8. The molecule has 4 nitrogen and oxygen atoms in total. The lowest BCUT2D eigenvalue weighted by Gasteiger charge is -2.22. The number of anilines is 1. The van der Waals surface area contributed by atoms with Crippen molar-refractivity contribution in [1.29, 1.82) is 0 Å². The Kier molecular flexibility index (Phi) is 6.92. The number of likely N-dealkylation sites (N-methyl/N-ethyl adjacent to an activating group) is 1. The quantitative estimate of drug-likeness (QED) is 0.616. The summed E-state index contributed by atoms with van der Waals surface area (Å²) >= 11 is 1.46. The van der Waals surface area contributed by atoms with E-state index in [0.29, 0.717) is 18.2 Å². The Morgan fingerprint density at radius 2 is 1.81 bits per heavy atom. The molecule has 144 valence electrons. The number of amides is 1. The Hall–Kier alpha value is -2.02. The highest BCUT2D eigenvalue weighted by Crippen LogP contribution is 2.32. The largest absolute Gasteiger partial charge is 0.308 e. The summed E-state index contributed by atoms with van der Waals surface area (Å²) in [6.45, 7) is 5.18. The summed E-state index contributed by atoms with van der Waals surface area (Å²) in [6, 6.07) is 10.2. The van der Waals surface area contributed by atoms with Gasteiger partial charge in [0.2, 0.25) is 0 Å². The highest BCUT2D eigenvalue weighted by atomic mass is 35.5. The molecule has 0 fully saturated rings. The zero-order chi connectivity index (χ0) is 18.8. The van der Waals surface area contributed by atoms with E-state index in [1.165, 1.54) is 23.5 Å². The van der Waals surface area contributed by atoms with Crippen molar-refractivity contribution >= 4 is 45.0 Å². The molecular formula is C20H23ClFN3OS. The lowest BCUT2D eigenvalue weighted by atomic mass is 10.1. The molecule has 0 aliphatic carbocycles. The summed E-state index contributed by atoms with van der Waals surface area (Å²) in [7, 11) is 3.88. The molecule has 1 amide bonds. The van der Waals surface area contributed by atoms with E-state index in [2.05, 4.69) is 6.07 Å². The van der Waals surface area contributed by atoms with Gasteiger partial charge in [-0.1, -0.05) is 29.5 Å². The first-order valence-corrected chi connectivity index (χ1v) is 9.28. The number of hydrogen-bond donors (Lipinski definition) is 0. The van der Waals surface area contributed by atoms with E-state index in [9.17, 15) is 9.18 Å². The van der Waals surface area contributed by atoms with E-state index in [1.54, 1.807) is 17.0 Å². The number of carbonyl (C=O) groups excluding carboxylic acids is 1. The lowest BCUT2D eigenvalue weighted by Crippen LogP contribution is -2.37. The van der Waals surface area contributed by atoms with E-state index >= 15 is 0 Å². The molecule has 0 saturated carbocycles. The smallest absolute Gasteiger partial charge is 0.263 e. The Labute approximate surface area is 169 Å². The molecule has 1 heterocycles. The second kappa shape index (κ2) is 8.78. The molecule has 3 rings (SSSR count). The van der Waals surface area contributed by atoms with Crippen molar-refractivity contribution in [2.24, 2.45) is 0 Å². The van der Waals surface area contributed by atoms with Gasteiger partial charge in [-0.25, -0.2) is 9.37 Å². The van der Waals surface area contributed by atoms with Gasteiger partial charge < -0.3 is 4.90 Å². The van der Waals surface area contributed by atoms with Gasteiger partial charge in [0.25, 0.3) is 5.91 Å². The Morgan fingerprint density at radius 1 is 1.11 bits per heavy atom. The minimum Gasteiger partial charge on any atom is -0.308 e. The van der Waals surface area contributed by atoms with Gasteiger partial charge in [-0.3, -0.25) is 9.69 Å². The second-order valence-corrected chi connectivity index (χ2v) is 7.60. The normalized spacial score (nSPS) is 10.9. The highest BCUT2D eigenvalue weighted by Gasteiger charge is 2.24. The first-order chi connectivity index (χ1) is 12.4.